The van der Waals surface area contributed by atoms with Gasteiger partial charge in [0.25, 0.3) is 0 Å². The average molecular weight is 288 g/mol. The summed E-state index contributed by atoms with van der Waals surface area (Å²) in [4.78, 5) is 0. The molecule has 0 amide bonds. The van der Waals surface area contributed by atoms with Crippen LogP contribution in [0, 0.1) is 6.92 Å². The first-order chi connectivity index (χ1) is 9.13. The number of rotatable bonds is 9. The van der Waals surface area contributed by atoms with E-state index in [0.717, 1.165) is 55.4 Å². The lowest BCUT2D eigenvalue weighted by Gasteiger charge is -2.17. The van der Waals surface area contributed by atoms with E-state index in [4.69, 9.17) is 16.3 Å². The minimum absolute atomic E-state index is 0.371. The lowest BCUT2D eigenvalue weighted by Crippen LogP contribution is -2.30. The third kappa shape index (κ3) is 4.79. The predicted octanol–water partition coefficient (Wildman–Crippen LogP) is 2.81. The monoisotopic (exact) mass is 287 g/mol. The number of ether oxygens (including phenoxy) is 1. The molecule has 0 spiro atoms. The van der Waals surface area contributed by atoms with Gasteiger partial charge in [0.2, 0.25) is 0 Å². The predicted molar refractivity (Wildman–Crippen MR) is 79.9 cm³/mol. The summed E-state index contributed by atoms with van der Waals surface area (Å²) in [6.45, 7) is 8.64. The van der Waals surface area contributed by atoms with Gasteiger partial charge < -0.3 is 10.1 Å². The van der Waals surface area contributed by atoms with Gasteiger partial charge in [-0.3, -0.25) is 4.68 Å². The van der Waals surface area contributed by atoms with E-state index < -0.39 is 0 Å². The summed E-state index contributed by atoms with van der Waals surface area (Å²) in [6.07, 6.45) is 2.94. The maximum atomic E-state index is 6.34. The topological polar surface area (TPSA) is 39.1 Å². The van der Waals surface area contributed by atoms with E-state index in [1.54, 1.807) is 0 Å². The Balaban J connectivity index is 2.59. The van der Waals surface area contributed by atoms with Gasteiger partial charge in [0.15, 0.2) is 0 Å². The van der Waals surface area contributed by atoms with Gasteiger partial charge in [-0.05, 0) is 33.7 Å². The highest BCUT2D eigenvalue weighted by atomic mass is 35.5. The molecular formula is C14H26ClN3O. The highest BCUT2D eigenvalue weighted by Crippen LogP contribution is 2.22. The molecule has 1 heterocycles. The maximum Gasteiger partial charge on any atom is 0.0847 e. The van der Waals surface area contributed by atoms with Crippen LogP contribution in [0.3, 0.4) is 0 Å². The molecule has 4 nitrogen and oxygen atoms in total. The van der Waals surface area contributed by atoms with Crippen molar-refractivity contribution >= 4 is 11.6 Å². The quantitative estimate of drug-likeness (QED) is 0.710. The van der Waals surface area contributed by atoms with Crippen molar-refractivity contribution in [3.05, 3.63) is 16.4 Å². The van der Waals surface area contributed by atoms with Crippen molar-refractivity contribution in [2.24, 2.45) is 0 Å². The molecule has 1 N–H and O–H groups in total. The Morgan fingerprint density at radius 1 is 1.37 bits per heavy atom. The van der Waals surface area contributed by atoms with Crippen molar-refractivity contribution in [1.82, 2.24) is 15.1 Å². The highest BCUT2D eigenvalue weighted by Gasteiger charge is 2.16. The fourth-order valence-electron chi connectivity index (χ4n) is 2.12. The van der Waals surface area contributed by atoms with E-state index in [1.165, 1.54) is 0 Å². The second kappa shape index (κ2) is 8.56. The van der Waals surface area contributed by atoms with Gasteiger partial charge in [0.05, 0.1) is 16.4 Å². The van der Waals surface area contributed by atoms with Gasteiger partial charge in [0, 0.05) is 32.2 Å². The second-order valence-corrected chi connectivity index (χ2v) is 5.13. The van der Waals surface area contributed by atoms with Crippen LogP contribution in [0.1, 0.15) is 38.1 Å². The Hall–Kier alpha value is -0.580. The molecule has 0 aromatic carbocycles. The normalized spacial score (nSPS) is 12.9. The average Bonchev–Trinajstić information content (AvgIpc) is 2.69. The summed E-state index contributed by atoms with van der Waals surface area (Å²) in [7, 11) is 1.98. The summed E-state index contributed by atoms with van der Waals surface area (Å²) >= 11 is 6.34. The molecule has 0 aliphatic rings. The number of halogens is 1. The summed E-state index contributed by atoms with van der Waals surface area (Å²) in [5.41, 5.74) is 2.03. The number of aromatic nitrogens is 2. The van der Waals surface area contributed by atoms with Gasteiger partial charge in [-0.2, -0.15) is 5.10 Å². The molecule has 5 heteroatoms. The van der Waals surface area contributed by atoms with E-state index in [-0.39, 0.29) is 0 Å². The first kappa shape index (κ1) is 16.5. The molecule has 0 fully saturated rings. The molecule has 1 atom stereocenters. The van der Waals surface area contributed by atoms with Crippen LogP contribution >= 0.6 is 11.6 Å². The molecule has 0 radical (unpaired) electrons. The molecule has 0 saturated carbocycles. The smallest absolute Gasteiger partial charge is 0.0847 e. The summed E-state index contributed by atoms with van der Waals surface area (Å²) < 4.78 is 7.54. The largest absolute Gasteiger partial charge is 0.381 e. The van der Waals surface area contributed by atoms with E-state index in [0.29, 0.717) is 6.04 Å². The van der Waals surface area contributed by atoms with E-state index in [1.807, 2.05) is 18.7 Å². The van der Waals surface area contributed by atoms with Gasteiger partial charge in [-0.25, -0.2) is 0 Å². The Morgan fingerprint density at radius 2 is 2.11 bits per heavy atom. The summed E-state index contributed by atoms with van der Waals surface area (Å²) in [6, 6.07) is 0.371. The van der Waals surface area contributed by atoms with E-state index in [2.05, 4.69) is 24.3 Å². The first-order valence-electron chi connectivity index (χ1n) is 7.10. The minimum atomic E-state index is 0.371. The van der Waals surface area contributed by atoms with Crippen molar-refractivity contribution in [3.63, 3.8) is 0 Å². The zero-order valence-electron chi connectivity index (χ0n) is 12.5. The molecular weight excluding hydrogens is 262 g/mol. The molecule has 0 aliphatic heterocycles. The van der Waals surface area contributed by atoms with E-state index in [9.17, 15) is 0 Å². The molecule has 1 aromatic rings. The molecule has 1 rings (SSSR count). The number of aryl methyl sites for hydroxylation is 2. The van der Waals surface area contributed by atoms with Crippen LogP contribution in [0.2, 0.25) is 5.02 Å². The Morgan fingerprint density at radius 3 is 2.68 bits per heavy atom. The number of nitrogens with zero attached hydrogens (tertiary/aromatic N) is 2. The highest BCUT2D eigenvalue weighted by molar-refractivity contribution is 6.31. The molecule has 19 heavy (non-hydrogen) atoms. The fraction of sp³-hybridized carbons (Fsp3) is 0.786. The van der Waals surface area contributed by atoms with Gasteiger partial charge >= 0.3 is 0 Å². The fourth-order valence-corrected chi connectivity index (χ4v) is 2.33. The van der Waals surface area contributed by atoms with Crippen molar-refractivity contribution in [2.75, 3.05) is 20.3 Å². The lowest BCUT2D eigenvalue weighted by atomic mass is 10.1. The van der Waals surface area contributed by atoms with Crippen LogP contribution in [0.15, 0.2) is 0 Å². The molecule has 0 saturated heterocycles. The molecule has 110 valence electrons. The van der Waals surface area contributed by atoms with Crippen LogP contribution in [0.25, 0.3) is 0 Å². The number of hydrogen-bond donors (Lipinski definition) is 1. The van der Waals surface area contributed by atoms with Crippen LogP contribution in [0.5, 0.6) is 0 Å². The Kier molecular flexibility index (Phi) is 7.42. The summed E-state index contributed by atoms with van der Waals surface area (Å²) in [5.74, 6) is 0. The lowest BCUT2D eigenvalue weighted by molar-refractivity contribution is 0.125. The molecule has 0 aliphatic carbocycles. The van der Waals surface area contributed by atoms with E-state index >= 15 is 0 Å². The third-order valence-electron chi connectivity index (χ3n) is 3.26. The Labute approximate surface area is 121 Å². The third-order valence-corrected chi connectivity index (χ3v) is 3.75. The van der Waals surface area contributed by atoms with Gasteiger partial charge in [-0.15, -0.1) is 0 Å². The van der Waals surface area contributed by atoms with Crippen LogP contribution in [-0.2, 0) is 17.7 Å². The zero-order valence-corrected chi connectivity index (χ0v) is 13.3. The van der Waals surface area contributed by atoms with Crippen molar-refractivity contribution < 1.29 is 4.74 Å². The molecule has 0 bridgehead atoms. The van der Waals surface area contributed by atoms with Crippen LogP contribution in [-0.4, -0.2) is 36.1 Å². The minimum Gasteiger partial charge on any atom is -0.381 e. The second-order valence-electron chi connectivity index (χ2n) is 4.75. The summed E-state index contributed by atoms with van der Waals surface area (Å²) in [5, 5.41) is 8.59. The van der Waals surface area contributed by atoms with Crippen LogP contribution < -0.4 is 5.32 Å². The SMILES string of the molecule is CCCOCCC(Cc1c(Cl)c(C)nn1CC)NC. The zero-order chi connectivity index (χ0) is 14.3. The van der Waals surface area contributed by atoms with Crippen molar-refractivity contribution in [1.29, 1.82) is 0 Å². The first-order valence-corrected chi connectivity index (χ1v) is 7.48. The van der Waals surface area contributed by atoms with Crippen molar-refractivity contribution in [2.45, 2.75) is 52.6 Å². The number of nitrogens with one attached hydrogen (secondary N) is 1. The van der Waals surface area contributed by atoms with Gasteiger partial charge in [0.1, 0.15) is 0 Å². The standard InChI is InChI=1S/C14H26ClN3O/c1-5-8-19-9-7-12(16-4)10-13-14(15)11(3)17-18(13)6-2/h12,16H,5-10H2,1-4H3. The van der Waals surface area contributed by atoms with Crippen molar-refractivity contribution in [3.8, 4) is 0 Å². The Bertz CT molecular complexity index is 379. The maximum absolute atomic E-state index is 6.34. The molecule has 1 aromatic heterocycles. The van der Waals surface area contributed by atoms with Gasteiger partial charge in [-0.1, -0.05) is 18.5 Å². The number of likely N-dealkylation sites (N-methyl/N-ethyl adjacent to an activating group) is 1. The van der Waals surface area contributed by atoms with Crippen LogP contribution in [0.4, 0.5) is 0 Å². The molecule has 1 unspecified atom stereocenters. The number of hydrogen-bond acceptors (Lipinski definition) is 3.